The standard InChI is InChI=1S/C19H29NO/c1-15-8-4-5-9-18(15)16(2)20-14-17-10-13-19(21-17)11-6-3-7-12-19/h4-5,8-9,16-17,20H,3,6-7,10-14H2,1-2H3/t16-,17?/m1/s1. The van der Waals surface area contributed by atoms with Crippen LogP contribution in [0.4, 0.5) is 0 Å². The summed E-state index contributed by atoms with van der Waals surface area (Å²) in [7, 11) is 0. The van der Waals surface area contributed by atoms with E-state index in [-0.39, 0.29) is 5.60 Å². The Balaban J connectivity index is 1.51. The van der Waals surface area contributed by atoms with Gasteiger partial charge in [0, 0.05) is 12.6 Å². The van der Waals surface area contributed by atoms with Gasteiger partial charge in [-0.2, -0.15) is 0 Å². The largest absolute Gasteiger partial charge is 0.370 e. The summed E-state index contributed by atoms with van der Waals surface area (Å²) in [5.41, 5.74) is 3.02. The van der Waals surface area contributed by atoms with Crippen LogP contribution in [0.2, 0.25) is 0 Å². The van der Waals surface area contributed by atoms with Crippen molar-refractivity contribution >= 4 is 0 Å². The van der Waals surface area contributed by atoms with Gasteiger partial charge in [0.05, 0.1) is 11.7 Å². The first-order valence-corrected chi connectivity index (χ1v) is 8.65. The second-order valence-corrected chi connectivity index (χ2v) is 7.01. The minimum atomic E-state index is 0.247. The lowest BCUT2D eigenvalue weighted by Crippen LogP contribution is -2.35. The van der Waals surface area contributed by atoms with E-state index in [1.165, 1.54) is 56.1 Å². The van der Waals surface area contributed by atoms with Crippen LogP contribution in [0.15, 0.2) is 24.3 Å². The second-order valence-electron chi connectivity index (χ2n) is 7.01. The van der Waals surface area contributed by atoms with Crippen LogP contribution < -0.4 is 5.32 Å². The van der Waals surface area contributed by atoms with Crippen molar-refractivity contribution in [3.63, 3.8) is 0 Å². The van der Waals surface area contributed by atoms with Crippen molar-refractivity contribution < 1.29 is 4.74 Å². The molecule has 1 heterocycles. The molecule has 1 aromatic rings. The van der Waals surface area contributed by atoms with Crippen LogP contribution in [0.25, 0.3) is 0 Å². The molecule has 2 nitrogen and oxygen atoms in total. The van der Waals surface area contributed by atoms with Crippen molar-refractivity contribution in [3.05, 3.63) is 35.4 Å². The Morgan fingerprint density at radius 1 is 1.19 bits per heavy atom. The van der Waals surface area contributed by atoms with Gasteiger partial charge < -0.3 is 10.1 Å². The highest BCUT2D eigenvalue weighted by molar-refractivity contribution is 5.28. The van der Waals surface area contributed by atoms with Gasteiger partial charge >= 0.3 is 0 Å². The van der Waals surface area contributed by atoms with Crippen molar-refractivity contribution in [2.75, 3.05) is 6.54 Å². The van der Waals surface area contributed by atoms with E-state index in [0.717, 1.165) is 6.54 Å². The molecule has 116 valence electrons. The molecule has 2 aliphatic rings. The van der Waals surface area contributed by atoms with E-state index in [1.54, 1.807) is 0 Å². The molecule has 1 saturated heterocycles. The Hall–Kier alpha value is -0.860. The van der Waals surface area contributed by atoms with Crippen LogP contribution >= 0.6 is 0 Å². The van der Waals surface area contributed by atoms with Crippen LogP contribution in [0.1, 0.15) is 69.0 Å². The SMILES string of the molecule is Cc1ccccc1[C@@H](C)NCC1CCC2(CCCCC2)O1. The van der Waals surface area contributed by atoms with E-state index in [9.17, 15) is 0 Å². The Morgan fingerprint density at radius 2 is 1.95 bits per heavy atom. The number of hydrogen-bond acceptors (Lipinski definition) is 2. The van der Waals surface area contributed by atoms with Crippen LogP contribution in [-0.4, -0.2) is 18.2 Å². The molecule has 1 aliphatic heterocycles. The third kappa shape index (κ3) is 3.49. The summed E-state index contributed by atoms with van der Waals surface area (Å²) in [6.45, 7) is 5.43. The zero-order chi connectivity index (χ0) is 14.7. The van der Waals surface area contributed by atoms with Crippen molar-refractivity contribution in [1.82, 2.24) is 5.32 Å². The third-order valence-electron chi connectivity index (χ3n) is 5.41. The molecule has 1 unspecified atom stereocenters. The van der Waals surface area contributed by atoms with Gasteiger partial charge in [0.1, 0.15) is 0 Å². The number of hydrogen-bond donors (Lipinski definition) is 1. The summed E-state index contributed by atoms with van der Waals surface area (Å²) in [6.07, 6.45) is 9.62. The van der Waals surface area contributed by atoms with Gasteiger partial charge in [-0.3, -0.25) is 0 Å². The molecule has 21 heavy (non-hydrogen) atoms. The maximum Gasteiger partial charge on any atom is 0.0708 e. The molecule has 2 fully saturated rings. The molecule has 2 atom stereocenters. The quantitative estimate of drug-likeness (QED) is 0.878. The molecule has 1 N–H and O–H groups in total. The van der Waals surface area contributed by atoms with E-state index >= 15 is 0 Å². The number of rotatable bonds is 4. The van der Waals surface area contributed by atoms with Gasteiger partial charge in [0.15, 0.2) is 0 Å². The summed E-state index contributed by atoms with van der Waals surface area (Å²) in [4.78, 5) is 0. The molecule has 0 amide bonds. The monoisotopic (exact) mass is 287 g/mol. The van der Waals surface area contributed by atoms with Gasteiger partial charge in [0.2, 0.25) is 0 Å². The number of aryl methyl sites for hydroxylation is 1. The first-order valence-electron chi connectivity index (χ1n) is 8.65. The average Bonchev–Trinajstić information content (AvgIpc) is 2.89. The lowest BCUT2D eigenvalue weighted by atomic mass is 9.83. The fourth-order valence-corrected chi connectivity index (χ4v) is 4.09. The molecular formula is C19H29NO. The molecule has 1 aliphatic carbocycles. The topological polar surface area (TPSA) is 21.3 Å². The van der Waals surface area contributed by atoms with E-state index < -0.39 is 0 Å². The molecule has 1 saturated carbocycles. The number of nitrogens with one attached hydrogen (secondary N) is 1. The van der Waals surface area contributed by atoms with Crippen LogP contribution in [0.3, 0.4) is 0 Å². The molecule has 0 bridgehead atoms. The van der Waals surface area contributed by atoms with Crippen molar-refractivity contribution in [2.24, 2.45) is 0 Å². The minimum absolute atomic E-state index is 0.247. The normalized spacial score (nSPS) is 26.1. The molecule has 2 heteroatoms. The van der Waals surface area contributed by atoms with Gasteiger partial charge in [-0.1, -0.05) is 43.5 Å². The Bertz CT molecular complexity index is 464. The van der Waals surface area contributed by atoms with Gasteiger partial charge in [-0.25, -0.2) is 0 Å². The Morgan fingerprint density at radius 3 is 2.71 bits per heavy atom. The lowest BCUT2D eigenvalue weighted by Gasteiger charge is -2.33. The summed E-state index contributed by atoms with van der Waals surface area (Å²) in [5.74, 6) is 0. The molecule has 0 radical (unpaired) electrons. The smallest absolute Gasteiger partial charge is 0.0708 e. The molecule has 0 aromatic heterocycles. The van der Waals surface area contributed by atoms with E-state index in [4.69, 9.17) is 4.74 Å². The highest BCUT2D eigenvalue weighted by Crippen LogP contribution is 2.41. The number of ether oxygens (including phenoxy) is 1. The van der Waals surface area contributed by atoms with Crippen molar-refractivity contribution in [1.29, 1.82) is 0 Å². The fourth-order valence-electron chi connectivity index (χ4n) is 4.09. The van der Waals surface area contributed by atoms with E-state index in [0.29, 0.717) is 12.1 Å². The van der Waals surface area contributed by atoms with E-state index in [2.05, 4.69) is 43.4 Å². The van der Waals surface area contributed by atoms with Crippen LogP contribution in [0, 0.1) is 6.92 Å². The number of benzene rings is 1. The highest BCUT2D eigenvalue weighted by Gasteiger charge is 2.40. The van der Waals surface area contributed by atoms with Crippen molar-refractivity contribution in [3.8, 4) is 0 Å². The Kier molecular flexibility index (Phi) is 4.66. The predicted octanol–water partition coefficient (Wildman–Crippen LogP) is 4.53. The summed E-state index contributed by atoms with van der Waals surface area (Å²) in [6, 6.07) is 9.06. The average molecular weight is 287 g/mol. The zero-order valence-electron chi connectivity index (χ0n) is 13.5. The first-order chi connectivity index (χ1) is 10.2. The molecule has 1 aromatic carbocycles. The zero-order valence-corrected chi connectivity index (χ0v) is 13.5. The van der Waals surface area contributed by atoms with Crippen molar-refractivity contribution in [2.45, 2.75) is 76.5 Å². The van der Waals surface area contributed by atoms with Crippen LogP contribution in [0.5, 0.6) is 0 Å². The summed E-state index contributed by atoms with van der Waals surface area (Å²) < 4.78 is 6.44. The van der Waals surface area contributed by atoms with Gasteiger partial charge in [-0.15, -0.1) is 0 Å². The summed E-state index contributed by atoms with van der Waals surface area (Å²) in [5, 5.41) is 3.68. The first kappa shape index (κ1) is 15.1. The highest BCUT2D eigenvalue weighted by atomic mass is 16.5. The van der Waals surface area contributed by atoms with E-state index in [1.807, 2.05) is 0 Å². The molecular weight excluding hydrogens is 258 g/mol. The maximum absolute atomic E-state index is 6.44. The minimum Gasteiger partial charge on any atom is -0.370 e. The summed E-state index contributed by atoms with van der Waals surface area (Å²) >= 11 is 0. The molecule has 1 spiro atoms. The third-order valence-corrected chi connectivity index (χ3v) is 5.41. The van der Waals surface area contributed by atoms with Gasteiger partial charge in [-0.05, 0) is 50.7 Å². The van der Waals surface area contributed by atoms with Crippen LogP contribution in [-0.2, 0) is 4.74 Å². The predicted molar refractivity (Wildman–Crippen MR) is 87.5 cm³/mol. The Labute approximate surface area is 129 Å². The lowest BCUT2D eigenvalue weighted by molar-refractivity contribution is -0.0628. The second kappa shape index (κ2) is 6.50. The molecule has 3 rings (SSSR count). The fraction of sp³-hybridized carbons (Fsp3) is 0.684. The van der Waals surface area contributed by atoms with Gasteiger partial charge in [0.25, 0.3) is 0 Å². The maximum atomic E-state index is 6.44.